The van der Waals surface area contributed by atoms with Crippen molar-refractivity contribution in [3.63, 3.8) is 0 Å². The number of Topliss-reactive ketones (excluding diaryl/α,β-unsaturated/α-hetero) is 1. The minimum absolute atomic E-state index is 0.0112. The van der Waals surface area contributed by atoms with E-state index in [2.05, 4.69) is 6.07 Å². The molecule has 2 aliphatic carbocycles. The van der Waals surface area contributed by atoms with E-state index in [9.17, 15) is 40.1 Å². The van der Waals surface area contributed by atoms with Crippen molar-refractivity contribution >= 4 is 17.3 Å². The van der Waals surface area contributed by atoms with E-state index in [0.29, 0.717) is 13.2 Å². The highest BCUT2D eigenvalue weighted by molar-refractivity contribution is 6.31. The molecule has 1 fully saturated rings. The first-order chi connectivity index (χ1) is 21.4. The lowest BCUT2D eigenvalue weighted by molar-refractivity contribution is -0.258. The molecule has 3 aliphatic rings. The van der Waals surface area contributed by atoms with Crippen molar-refractivity contribution in [3.8, 4) is 23.3 Å². The Labute approximate surface area is 259 Å². The third kappa shape index (κ3) is 5.48. The molecule has 13 heteroatoms. The van der Waals surface area contributed by atoms with Crippen LogP contribution in [0.3, 0.4) is 0 Å². The maximum Gasteiger partial charge on any atom is 0.202 e. The third-order valence-corrected chi connectivity index (χ3v) is 9.05. The smallest absolute Gasteiger partial charge is 0.202 e. The number of hydrogen-bond acceptors (Lipinski definition) is 13. The molecule has 0 radical (unpaired) electrons. The highest BCUT2D eigenvalue weighted by Gasteiger charge is 2.50. The minimum Gasteiger partial charge on any atom is -0.507 e. The number of benzene rings is 2. The molecule has 1 heterocycles. The number of ether oxygens (including phenoxy) is 4. The molecule has 0 aromatic heterocycles. The molecule has 4 unspecified atom stereocenters. The molecule has 0 saturated carbocycles. The van der Waals surface area contributed by atoms with Crippen molar-refractivity contribution in [1.82, 2.24) is 4.90 Å². The lowest BCUT2D eigenvalue weighted by Crippen LogP contribution is -2.56. The number of nitrogens with zero attached hydrogens (tertiary/aromatic N) is 2. The first-order valence-electron chi connectivity index (χ1n) is 14.6. The molecule has 1 saturated heterocycles. The minimum atomic E-state index is -2.05. The third-order valence-electron chi connectivity index (χ3n) is 9.05. The summed E-state index contributed by atoms with van der Waals surface area (Å²) in [4.78, 5) is 41.9. The Bertz CT molecular complexity index is 1580. The van der Waals surface area contributed by atoms with Crippen LogP contribution in [0.25, 0.3) is 0 Å². The van der Waals surface area contributed by atoms with Gasteiger partial charge < -0.3 is 39.4 Å². The lowest BCUT2D eigenvalue weighted by atomic mass is 9.72. The molecule has 6 atom stereocenters. The monoisotopic (exact) mass is 624 g/mol. The van der Waals surface area contributed by atoms with E-state index in [0.717, 1.165) is 0 Å². The number of aliphatic hydroxyl groups is 2. The predicted molar refractivity (Wildman–Crippen MR) is 155 cm³/mol. The highest BCUT2D eigenvalue weighted by Crippen LogP contribution is 2.52. The summed E-state index contributed by atoms with van der Waals surface area (Å²) in [6.45, 7) is 3.43. The van der Waals surface area contributed by atoms with E-state index >= 15 is 0 Å². The van der Waals surface area contributed by atoms with E-state index in [4.69, 9.17) is 18.9 Å². The number of ketones is 3. The Hall–Kier alpha value is -3.90. The second kappa shape index (κ2) is 12.5. The second-order valence-electron chi connectivity index (χ2n) is 11.7. The van der Waals surface area contributed by atoms with Crippen LogP contribution in [0.4, 0.5) is 0 Å². The number of fused-ring (bicyclic) bond motifs is 3. The molecule has 4 N–H and O–H groups in total. The fraction of sp³-hybridized carbons (Fsp3) is 0.500. The van der Waals surface area contributed by atoms with Crippen LogP contribution in [0.15, 0.2) is 18.2 Å². The van der Waals surface area contributed by atoms with Gasteiger partial charge in [0.1, 0.15) is 22.8 Å². The van der Waals surface area contributed by atoms with Gasteiger partial charge in [0.05, 0.1) is 61.3 Å². The van der Waals surface area contributed by atoms with E-state index in [1.54, 1.807) is 11.8 Å². The fourth-order valence-corrected chi connectivity index (χ4v) is 6.63. The topological polar surface area (TPSA) is 196 Å². The van der Waals surface area contributed by atoms with E-state index in [-0.39, 0.29) is 47.4 Å². The van der Waals surface area contributed by atoms with Crippen LogP contribution in [0.2, 0.25) is 0 Å². The molecule has 0 bridgehead atoms. The van der Waals surface area contributed by atoms with Crippen molar-refractivity contribution in [2.24, 2.45) is 0 Å². The van der Waals surface area contributed by atoms with Gasteiger partial charge >= 0.3 is 0 Å². The summed E-state index contributed by atoms with van der Waals surface area (Å²) in [7, 11) is 2.85. The number of hydrogen-bond donors (Lipinski definition) is 4. The first kappa shape index (κ1) is 32.5. The summed E-state index contributed by atoms with van der Waals surface area (Å²) in [5.74, 6) is -3.30. The lowest BCUT2D eigenvalue weighted by Gasteiger charge is -2.45. The molecule has 1 aliphatic heterocycles. The fourth-order valence-electron chi connectivity index (χ4n) is 6.63. The normalized spacial score (nSPS) is 27.4. The maximum atomic E-state index is 13.8. The van der Waals surface area contributed by atoms with Crippen LogP contribution >= 0.6 is 0 Å². The van der Waals surface area contributed by atoms with Crippen LogP contribution in [-0.4, -0.2) is 107 Å². The van der Waals surface area contributed by atoms with Crippen molar-refractivity contribution < 1.29 is 53.8 Å². The Morgan fingerprint density at radius 1 is 1.16 bits per heavy atom. The first-order valence-corrected chi connectivity index (χ1v) is 14.6. The zero-order valence-corrected chi connectivity index (χ0v) is 25.4. The predicted octanol–water partition coefficient (Wildman–Crippen LogP) is 1.54. The van der Waals surface area contributed by atoms with E-state index in [1.807, 2.05) is 0 Å². The quantitative estimate of drug-likeness (QED) is 0.198. The molecule has 45 heavy (non-hydrogen) atoms. The zero-order chi connectivity index (χ0) is 32.8. The number of nitriles is 1. The molecule has 5 rings (SSSR count). The average molecular weight is 625 g/mol. The molecule has 2 aromatic carbocycles. The van der Waals surface area contributed by atoms with Crippen molar-refractivity contribution in [2.75, 3.05) is 33.9 Å². The number of phenolic OH excluding ortho intramolecular Hbond substituents is 2. The van der Waals surface area contributed by atoms with Gasteiger partial charge in [-0.1, -0.05) is 12.1 Å². The summed E-state index contributed by atoms with van der Waals surface area (Å²) in [6, 6.07) is 5.91. The Balaban J connectivity index is 1.60. The second-order valence-corrected chi connectivity index (χ2v) is 11.7. The SMILES string of the molecule is COCCN(CC#N)C1CC(O[C@H]2C[C@](O)(C(C)=O)Cc3c(O)c4c(c(O)c32)C(=O)c2c(OC)cccc2C4=O)OC(C)C1O. The summed E-state index contributed by atoms with van der Waals surface area (Å²) in [5.41, 5.74) is -3.22. The maximum absolute atomic E-state index is 13.8. The van der Waals surface area contributed by atoms with Gasteiger partial charge in [-0.2, -0.15) is 5.26 Å². The van der Waals surface area contributed by atoms with E-state index < -0.39 is 82.6 Å². The van der Waals surface area contributed by atoms with Crippen molar-refractivity contribution in [1.29, 1.82) is 5.26 Å². The van der Waals surface area contributed by atoms with Gasteiger partial charge in [-0.3, -0.25) is 19.3 Å². The zero-order valence-electron chi connectivity index (χ0n) is 25.4. The largest absolute Gasteiger partial charge is 0.507 e. The van der Waals surface area contributed by atoms with E-state index in [1.165, 1.54) is 39.3 Å². The number of rotatable bonds is 9. The van der Waals surface area contributed by atoms with Crippen molar-refractivity contribution in [3.05, 3.63) is 51.6 Å². The number of methoxy groups -OCH3 is 2. The molecular formula is C32H36N2O11. The van der Waals surface area contributed by atoms with Crippen LogP contribution in [0, 0.1) is 11.3 Å². The standard InChI is InChI=1S/C32H36N2O11/c1-15-27(36)19(34(9-8-33)10-11-42-3)12-22(44-15)45-21-14-32(41,16(2)35)13-18-24(21)31(40)26-25(29(18)38)28(37)17-6-5-7-20(43-4)23(17)30(26)39/h5-7,15,19,21-22,27,36,38,40-41H,9-14H2,1-4H3/t15?,19?,21-,22?,27?,32-/m0/s1. The summed E-state index contributed by atoms with van der Waals surface area (Å²) in [6.07, 6.45) is -4.88. The number of aliphatic hydroxyl groups excluding tert-OH is 1. The number of carbonyl (C=O) groups is 3. The number of phenols is 2. The molecular weight excluding hydrogens is 588 g/mol. The van der Waals surface area contributed by atoms with Crippen molar-refractivity contribution in [2.45, 2.75) is 69.4 Å². The van der Waals surface area contributed by atoms with Gasteiger partial charge in [0.2, 0.25) is 5.78 Å². The van der Waals surface area contributed by atoms with Gasteiger partial charge in [-0.25, -0.2) is 0 Å². The van der Waals surface area contributed by atoms with Crippen LogP contribution < -0.4 is 4.74 Å². The number of aromatic hydroxyl groups is 2. The summed E-state index contributed by atoms with van der Waals surface area (Å²) in [5, 5.41) is 55.0. The number of carbonyl (C=O) groups excluding carboxylic acids is 3. The summed E-state index contributed by atoms with van der Waals surface area (Å²) >= 11 is 0. The highest BCUT2D eigenvalue weighted by atomic mass is 16.7. The average Bonchev–Trinajstić information content (AvgIpc) is 3.00. The van der Waals surface area contributed by atoms with Gasteiger partial charge in [-0.05, 0) is 19.9 Å². The van der Waals surface area contributed by atoms with Gasteiger partial charge in [0.25, 0.3) is 0 Å². The Morgan fingerprint density at radius 2 is 1.87 bits per heavy atom. The van der Waals surface area contributed by atoms with Gasteiger partial charge in [0.15, 0.2) is 17.9 Å². The molecule has 13 nitrogen and oxygen atoms in total. The Kier molecular flexibility index (Phi) is 9.01. The van der Waals surface area contributed by atoms with Crippen LogP contribution in [-0.2, 0) is 25.4 Å². The molecule has 0 spiro atoms. The van der Waals surface area contributed by atoms with Gasteiger partial charge in [0, 0.05) is 55.6 Å². The Morgan fingerprint density at radius 3 is 2.51 bits per heavy atom. The molecule has 2 aromatic rings. The van der Waals surface area contributed by atoms with Crippen LogP contribution in [0.5, 0.6) is 17.2 Å². The molecule has 240 valence electrons. The van der Waals surface area contributed by atoms with Crippen LogP contribution in [0.1, 0.15) is 75.8 Å². The van der Waals surface area contributed by atoms with Gasteiger partial charge in [-0.15, -0.1) is 0 Å². The molecule has 0 amide bonds. The summed E-state index contributed by atoms with van der Waals surface area (Å²) < 4.78 is 22.7.